The lowest BCUT2D eigenvalue weighted by molar-refractivity contribution is 0.543. The van der Waals surface area contributed by atoms with Crippen molar-refractivity contribution in [1.29, 1.82) is 0 Å². The van der Waals surface area contributed by atoms with Crippen LogP contribution in [0, 0.1) is 6.92 Å². The molecule has 0 fully saturated rings. The summed E-state index contributed by atoms with van der Waals surface area (Å²) in [6.07, 6.45) is 5.15. The third-order valence-electron chi connectivity index (χ3n) is 4.59. The number of aromatic nitrogens is 6. The Bertz CT molecular complexity index is 1350. The standard InChI is InChI=1S/C19H16N6O2/c1-3-24-16-6-12(4-5-13(16)9-21-24)15-7-17(26)25-18(23-15)14(10-22-25)19-20-8-11(2)27-19/h4-10,22H,3H2,1-2H3. The summed E-state index contributed by atoms with van der Waals surface area (Å²) in [7, 11) is 0. The normalized spacial score (nSPS) is 11.6. The molecule has 4 aromatic heterocycles. The van der Waals surface area contributed by atoms with Crippen LogP contribution in [0.15, 0.2) is 52.1 Å². The van der Waals surface area contributed by atoms with E-state index in [2.05, 4.69) is 15.2 Å². The third kappa shape index (κ3) is 2.37. The Morgan fingerprint density at radius 2 is 2.11 bits per heavy atom. The first kappa shape index (κ1) is 15.6. The van der Waals surface area contributed by atoms with E-state index < -0.39 is 0 Å². The second kappa shape index (κ2) is 5.66. The number of aromatic amines is 1. The van der Waals surface area contributed by atoms with Gasteiger partial charge in [0.25, 0.3) is 5.56 Å². The predicted octanol–water partition coefficient (Wildman–Crippen LogP) is 3.02. The fraction of sp³-hybridized carbons (Fsp3) is 0.158. The monoisotopic (exact) mass is 360 g/mol. The Labute approximate surface area is 153 Å². The van der Waals surface area contributed by atoms with Crippen molar-refractivity contribution < 1.29 is 4.42 Å². The number of aryl methyl sites for hydroxylation is 2. The molecule has 0 atom stereocenters. The van der Waals surface area contributed by atoms with Crippen molar-refractivity contribution in [2.45, 2.75) is 20.4 Å². The fourth-order valence-electron chi connectivity index (χ4n) is 3.25. The van der Waals surface area contributed by atoms with E-state index in [0.29, 0.717) is 28.6 Å². The lowest BCUT2D eigenvalue weighted by Gasteiger charge is -2.04. The first-order chi connectivity index (χ1) is 13.1. The molecule has 8 heteroatoms. The van der Waals surface area contributed by atoms with E-state index in [1.165, 1.54) is 10.6 Å². The minimum Gasteiger partial charge on any atom is -0.441 e. The number of benzene rings is 1. The van der Waals surface area contributed by atoms with E-state index in [-0.39, 0.29) is 5.56 Å². The van der Waals surface area contributed by atoms with Gasteiger partial charge < -0.3 is 4.42 Å². The fourth-order valence-corrected chi connectivity index (χ4v) is 3.25. The topological polar surface area (TPSA) is 94.0 Å². The van der Waals surface area contributed by atoms with Crippen molar-refractivity contribution in [3.05, 3.63) is 59.0 Å². The lowest BCUT2D eigenvalue weighted by Crippen LogP contribution is -2.14. The quantitative estimate of drug-likeness (QED) is 0.534. The van der Waals surface area contributed by atoms with Crippen LogP contribution >= 0.6 is 0 Å². The van der Waals surface area contributed by atoms with Gasteiger partial charge in [0, 0.05) is 29.8 Å². The van der Waals surface area contributed by atoms with Gasteiger partial charge in [0.15, 0.2) is 5.65 Å². The van der Waals surface area contributed by atoms with Gasteiger partial charge in [0.05, 0.1) is 29.2 Å². The summed E-state index contributed by atoms with van der Waals surface area (Å²) >= 11 is 0. The molecule has 5 aromatic rings. The third-order valence-corrected chi connectivity index (χ3v) is 4.59. The first-order valence-electron chi connectivity index (χ1n) is 8.64. The molecule has 0 unspecified atom stereocenters. The SMILES string of the molecule is CCn1ncc2ccc(-c3cc(=O)n4[nH]cc(-c5ncc(C)o5)c4n3)cc21. The van der Waals surface area contributed by atoms with Crippen LogP contribution in [0.25, 0.3) is 39.3 Å². The number of oxazole rings is 1. The Morgan fingerprint density at radius 1 is 1.22 bits per heavy atom. The van der Waals surface area contributed by atoms with Crippen molar-refractivity contribution >= 4 is 16.6 Å². The van der Waals surface area contributed by atoms with Crippen molar-refractivity contribution in [2.24, 2.45) is 0 Å². The zero-order valence-corrected chi connectivity index (χ0v) is 14.8. The summed E-state index contributed by atoms with van der Waals surface area (Å²) in [6, 6.07) is 7.46. The number of hydrogen-bond acceptors (Lipinski definition) is 5. The maximum atomic E-state index is 12.6. The molecule has 0 aliphatic carbocycles. The van der Waals surface area contributed by atoms with Crippen LogP contribution in [0.2, 0.25) is 0 Å². The van der Waals surface area contributed by atoms with Gasteiger partial charge in [-0.05, 0) is 19.9 Å². The minimum absolute atomic E-state index is 0.200. The first-order valence-corrected chi connectivity index (χ1v) is 8.64. The van der Waals surface area contributed by atoms with Gasteiger partial charge in [-0.1, -0.05) is 12.1 Å². The van der Waals surface area contributed by atoms with Crippen LogP contribution in [-0.4, -0.2) is 29.4 Å². The summed E-state index contributed by atoms with van der Waals surface area (Å²) in [5, 5.41) is 8.33. The van der Waals surface area contributed by atoms with Gasteiger partial charge in [-0.25, -0.2) is 14.5 Å². The molecule has 0 radical (unpaired) electrons. The second-order valence-corrected chi connectivity index (χ2v) is 6.34. The van der Waals surface area contributed by atoms with Crippen LogP contribution in [0.1, 0.15) is 12.7 Å². The van der Waals surface area contributed by atoms with Gasteiger partial charge in [-0.15, -0.1) is 0 Å². The molecule has 4 heterocycles. The number of hydrogen-bond donors (Lipinski definition) is 1. The highest BCUT2D eigenvalue weighted by atomic mass is 16.4. The van der Waals surface area contributed by atoms with E-state index >= 15 is 0 Å². The highest BCUT2D eigenvalue weighted by Crippen LogP contribution is 2.26. The molecule has 0 amide bonds. The molecule has 0 saturated carbocycles. The van der Waals surface area contributed by atoms with Crippen LogP contribution in [-0.2, 0) is 6.54 Å². The van der Waals surface area contributed by atoms with Crippen molar-refractivity contribution in [1.82, 2.24) is 29.4 Å². The predicted molar refractivity (Wildman–Crippen MR) is 100 cm³/mol. The summed E-state index contributed by atoms with van der Waals surface area (Å²) in [4.78, 5) is 21.5. The number of H-pyrrole nitrogens is 1. The van der Waals surface area contributed by atoms with Gasteiger partial charge in [0.2, 0.25) is 5.89 Å². The van der Waals surface area contributed by atoms with Gasteiger partial charge in [-0.2, -0.15) is 5.10 Å². The van der Waals surface area contributed by atoms with E-state index in [1.54, 1.807) is 12.4 Å². The smallest absolute Gasteiger partial charge is 0.273 e. The summed E-state index contributed by atoms with van der Waals surface area (Å²) < 4.78 is 8.90. The summed E-state index contributed by atoms with van der Waals surface area (Å²) in [6.45, 7) is 4.64. The van der Waals surface area contributed by atoms with Crippen molar-refractivity contribution in [3.63, 3.8) is 0 Å². The summed E-state index contributed by atoms with van der Waals surface area (Å²) in [5.74, 6) is 1.12. The lowest BCUT2D eigenvalue weighted by atomic mass is 10.1. The zero-order chi connectivity index (χ0) is 18.5. The molecule has 5 rings (SSSR count). The average Bonchev–Trinajstić information content (AvgIpc) is 3.38. The molecule has 0 aliphatic heterocycles. The zero-order valence-electron chi connectivity index (χ0n) is 14.8. The molecule has 0 aliphatic rings. The maximum absolute atomic E-state index is 12.6. The van der Waals surface area contributed by atoms with E-state index in [4.69, 9.17) is 9.40 Å². The van der Waals surface area contributed by atoms with Crippen LogP contribution in [0.4, 0.5) is 0 Å². The van der Waals surface area contributed by atoms with Crippen LogP contribution < -0.4 is 5.56 Å². The Hall–Kier alpha value is -3.68. The van der Waals surface area contributed by atoms with E-state index in [9.17, 15) is 4.79 Å². The molecule has 1 aromatic carbocycles. The van der Waals surface area contributed by atoms with Gasteiger partial charge in [-0.3, -0.25) is 14.6 Å². The van der Waals surface area contributed by atoms with Crippen LogP contribution in [0.5, 0.6) is 0 Å². The van der Waals surface area contributed by atoms with Crippen LogP contribution in [0.3, 0.4) is 0 Å². The summed E-state index contributed by atoms with van der Waals surface area (Å²) in [5.41, 5.74) is 3.37. The average molecular weight is 360 g/mol. The molecule has 0 saturated heterocycles. The van der Waals surface area contributed by atoms with Crippen molar-refractivity contribution in [3.8, 4) is 22.7 Å². The molecular weight excluding hydrogens is 344 g/mol. The molecule has 27 heavy (non-hydrogen) atoms. The molecule has 0 spiro atoms. The Morgan fingerprint density at radius 3 is 2.89 bits per heavy atom. The Kier molecular flexibility index (Phi) is 3.27. The molecule has 0 bridgehead atoms. The molecule has 1 N–H and O–H groups in total. The highest BCUT2D eigenvalue weighted by molar-refractivity contribution is 5.84. The van der Waals surface area contributed by atoms with E-state index in [0.717, 1.165) is 23.0 Å². The maximum Gasteiger partial charge on any atom is 0.273 e. The number of rotatable bonds is 3. The number of fused-ring (bicyclic) bond motifs is 2. The Balaban J connectivity index is 1.73. The largest absolute Gasteiger partial charge is 0.441 e. The molecule has 8 nitrogen and oxygen atoms in total. The van der Waals surface area contributed by atoms with Gasteiger partial charge in [0.1, 0.15) is 5.76 Å². The number of nitrogens with one attached hydrogen (secondary N) is 1. The number of nitrogens with zero attached hydrogens (tertiary/aromatic N) is 5. The van der Waals surface area contributed by atoms with Gasteiger partial charge >= 0.3 is 0 Å². The molecular formula is C19H16N6O2. The minimum atomic E-state index is -0.200. The van der Waals surface area contributed by atoms with Crippen molar-refractivity contribution in [2.75, 3.05) is 0 Å². The second-order valence-electron chi connectivity index (χ2n) is 6.34. The molecule has 134 valence electrons. The highest BCUT2D eigenvalue weighted by Gasteiger charge is 2.16. The van der Waals surface area contributed by atoms with E-state index in [1.807, 2.05) is 42.9 Å².